The highest BCUT2D eigenvalue weighted by molar-refractivity contribution is 5.98. The number of carboxylic acids is 2. The number of carbonyl (C=O) groups is 10. The van der Waals surface area contributed by atoms with E-state index in [0.29, 0.717) is 63.7 Å². The molecule has 22 N–H and O–H groups in total. The third-order valence-electron chi connectivity index (χ3n) is 11.2. The Bertz CT molecular complexity index is 1910. The van der Waals surface area contributed by atoms with Crippen LogP contribution in [0.5, 0.6) is 5.75 Å². The van der Waals surface area contributed by atoms with E-state index in [9.17, 15) is 73.5 Å². The zero-order valence-corrected chi connectivity index (χ0v) is 41.3. The Labute approximate surface area is 417 Å². The predicted octanol–water partition coefficient (Wildman–Crippen LogP) is -11.1. The van der Waals surface area contributed by atoms with E-state index in [2.05, 4.69) is 59.7 Å². The molecule has 0 aliphatic heterocycles. The van der Waals surface area contributed by atoms with E-state index in [4.69, 9.17) is 0 Å². The number of unbranched alkanes of at least 4 members (excludes halogenated alkanes) is 3. The lowest BCUT2D eigenvalue weighted by atomic mass is 10.0. The van der Waals surface area contributed by atoms with Crippen molar-refractivity contribution in [1.82, 2.24) is 42.5 Å². The summed E-state index contributed by atoms with van der Waals surface area (Å²) in [6, 6.07) is -6.56. The Morgan fingerprint density at radius 3 is 1.22 bits per heavy atom. The van der Waals surface area contributed by atoms with Crippen LogP contribution in [0.15, 0.2) is 24.3 Å². The van der Waals surface area contributed by atoms with Crippen LogP contribution in [0.4, 0.5) is 0 Å². The molecule has 0 aliphatic carbocycles. The van der Waals surface area contributed by atoms with Gasteiger partial charge in [0.1, 0.15) is 48.0 Å². The van der Waals surface area contributed by atoms with Gasteiger partial charge in [-0.3, -0.25) is 38.4 Å². The largest absolute Gasteiger partial charge is 0.550 e. The average molecular weight is 1030 g/mol. The van der Waals surface area contributed by atoms with Crippen LogP contribution in [0.2, 0.25) is 0 Å². The molecule has 72 heavy (non-hydrogen) atoms. The number of aliphatic hydroxyl groups excluding tert-OH is 2. The van der Waals surface area contributed by atoms with Crippen molar-refractivity contribution in [2.24, 2.45) is 0 Å². The molecule has 0 aliphatic rings. The molecule has 0 fully saturated rings. The smallest absolute Gasteiger partial charge is 0.245 e. The molecule has 1 aromatic rings. The quantitative estimate of drug-likeness (QED) is 0.0274. The molecule has 0 heterocycles. The van der Waals surface area contributed by atoms with Crippen molar-refractivity contribution in [3.63, 3.8) is 0 Å². The normalized spacial score (nSPS) is 14.3. The molecular formula is C45H78N12O15+2. The SMILES string of the molecule is C[NH2+]CCCC[C@H](NC(=O)[C@H](CO)NC(=O)[C@H](CCCC[NH3+])NC(=O)[C@H](CO)NC(C)=O)C(=O)N[C@@H](CC(=O)[O-])C(=O)N[C@@H](CCC[NH3+])C(=O)N[C@@H](CCCC[NH3+])C(=O)N[C@@H](Cc1ccc(O)cc1)C(=O)[O-]. The van der Waals surface area contributed by atoms with Crippen LogP contribution < -0.4 is 75.3 Å². The standard InChI is InChI=1S/C45H76N12O15/c1-26(60)50-35(24-58)43(69)53-30(11-4-7-19-47)41(67)57-36(25-59)44(70)54-31(12-5-8-21-49-2)39(65)55-33(23-37(62)63)42(68)52-32(13-9-20-48)38(64)51-29(10-3-6-18-46)40(66)56-34(45(71)72)22-27-14-16-28(61)17-15-27/h14-17,29-36,49,58-59,61H,3-13,18-25,46-48H2,1-2H3,(H,50,60)(H,51,64)(H,52,68)(H,53,69)(H,54,70)(H,55,65)(H,56,66)(H,57,67)(H,62,63)(H,71,72)/p+2/t29-,30-,31-,32-,33-,34-,35-,36-/m0/s1. The van der Waals surface area contributed by atoms with Gasteiger partial charge in [0.2, 0.25) is 47.3 Å². The maximum absolute atomic E-state index is 13.9. The van der Waals surface area contributed by atoms with Crippen LogP contribution >= 0.6 is 0 Å². The number of benzene rings is 1. The number of rotatable bonds is 38. The minimum Gasteiger partial charge on any atom is -0.550 e. The van der Waals surface area contributed by atoms with Crippen LogP contribution in [0.1, 0.15) is 89.5 Å². The highest BCUT2D eigenvalue weighted by Gasteiger charge is 2.34. The number of carbonyl (C=O) groups excluding carboxylic acids is 10. The van der Waals surface area contributed by atoms with Gasteiger partial charge in [0, 0.05) is 19.3 Å². The third-order valence-corrected chi connectivity index (χ3v) is 11.2. The number of carboxylic acid groups (broad SMARTS) is 2. The van der Waals surface area contributed by atoms with Gasteiger partial charge in [0.15, 0.2) is 0 Å². The second-order valence-corrected chi connectivity index (χ2v) is 17.2. The number of aliphatic carboxylic acids is 2. The van der Waals surface area contributed by atoms with Gasteiger partial charge >= 0.3 is 0 Å². The van der Waals surface area contributed by atoms with Crippen molar-refractivity contribution in [3.8, 4) is 5.75 Å². The second kappa shape index (κ2) is 35.6. The van der Waals surface area contributed by atoms with E-state index in [1.54, 1.807) is 7.05 Å². The molecule has 0 saturated heterocycles. The van der Waals surface area contributed by atoms with Crippen molar-refractivity contribution in [1.29, 1.82) is 0 Å². The zero-order valence-electron chi connectivity index (χ0n) is 41.3. The topological polar surface area (TPSA) is 473 Å². The summed E-state index contributed by atoms with van der Waals surface area (Å²) in [5, 5.41) is 74.6. The fourth-order valence-corrected chi connectivity index (χ4v) is 7.15. The minimum absolute atomic E-state index is 0.0225. The number of aromatic hydroxyl groups is 1. The summed E-state index contributed by atoms with van der Waals surface area (Å²) in [6.07, 6.45) is 1.48. The molecule has 0 unspecified atom stereocenters. The summed E-state index contributed by atoms with van der Waals surface area (Å²) in [5.74, 6) is -11.0. The van der Waals surface area contributed by atoms with Crippen molar-refractivity contribution < 1.29 is 96.0 Å². The monoisotopic (exact) mass is 1030 g/mol. The molecule has 27 heteroatoms. The van der Waals surface area contributed by atoms with Gasteiger partial charge in [-0.05, 0) is 94.7 Å². The fraction of sp³-hybridized carbons (Fsp3) is 0.644. The van der Waals surface area contributed by atoms with Crippen molar-refractivity contribution in [2.45, 2.75) is 139 Å². The summed E-state index contributed by atoms with van der Waals surface area (Å²) in [5.41, 5.74) is 11.7. The lowest BCUT2D eigenvalue weighted by molar-refractivity contribution is -0.627. The summed E-state index contributed by atoms with van der Waals surface area (Å²) < 4.78 is 0. The van der Waals surface area contributed by atoms with Gasteiger partial charge < -0.3 is 100 Å². The van der Waals surface area contributed by atoms with Crippen LogP contribution in [0.25, 0.3) is 0 Å². The molecule has 0 spiro atoms. The van der Waals surface area contributed by atoms with E-state index < -0.39 is 127 Å². The number of hydrogen-bond acceptors (Lipinski definition) is 15. The van der Waals surface area contributed by atoms with Gasteiger partial charge in [0.25, 0.3) is 0 Å². The minimum atomic E-state index is -1.91. The Morgan fingerprint density at radius 1 is 0.500 bits per heavy atom. The Morgan fingerprint density at radius 2 is 0.847 bits per heavy atom. The van der Waals surface area contributed by atoms with Gasteiger partial charge in [-0.25, -0.2) is 0 Å². The molecule has 0 saturated carbocycles. The highest BCUT2D eigenvalue weighted by Crippen LogP contribution is 2.13. The second-order valence-electron chi connectivity index (χ2n) is 17.2. The number of nitrogens with one attached hydrogen (secondary N) is 8. The molecule has 0 aromatic heterocycles. The first-order chi connectivity index (χ1) is 34.2. The fourth-order valence-electron chi connectivity index (χ4n) is 7.15. The molecule has 1 rings (SSSR count). The first-order valence-electron chi connectivity index (χ1n) is 24.2. The molecular weight excluding hydrogens is 949 g/mol. The van der Waals surface area contributed by atoms with E-state index in [1.807, 2.05) is 5.32 Å². The zero-order chi connectivity index (χ0) is 54.2. The lowest BCUT2D eigenvalue weighted by Gasteiger charge is -2.28. The first-order valence-corrected chi connectivity index (χ1v) is 24.2. The average Bonchev–Trinajstić information content (AvgIpc) is 3.33. The Balaban J connectivity index is 3.40. The van der Waals surface area contributed by atoms with Gasteiger partial charge in [-0.15, -0.1) is 0 Å². The third kappa shape index (κ3) is 25.0. The molecule has 406 valence electrons. The number of phenolic OH excluding ortho intramolecular Hbond substituents is 1. The van der Waals surface area contributed by atoms with Crippen LogP contribution in [-0.2, 0) is 54.4 Å². The molecule has 8 atom stereocenters. The molecule has 0 bridgehead atoms. The molecule has 27 nitrogen and oxygen atoms in total. The lowest BCUT2D eigenvalue weighted by Crippen LogP contribution is -2.79. The van der Waals surface area contributed by atoms with E-state index in [0.717, 1.165) is 6.92 Å². The summed E-state index contributed by atoms with van der Waals surface area (Å²) >= 11 is 0. The van der Waals surface area contributed by atoms with Gasteiger partial charge in [0.05, 0.1) is 58.5 Å². The van der Waals surface area contributed by atoms with Crippen molar-refractivity contribution >= 4 is 59.2 Å². The van der Waals surface area contributed by atoms with Crippen LogP contribution in [-0.4, -0.2) is 169 Å². The molecule has 8 amide bonds. The first kappa shape index (κ1) is 63.5. The number of hydrogen-bond donors (Lipinski definition) is 15. The number of quaternary nitrogens is 4. The predicted molar refractivity (Wildman–Crippen MR) is 249 cm³/mol. The molecule has 1 aromatic carbocycles. The van der Waals surface area contributed by atoms with E-state index in [-0.39, 0.29) is 50.8 Å². The van der Waals surface area contributed by atoms with E-state index >= 15 is 0 Å². The van der Waals surface area contributed by atoms with Gasteiger partial charge in [-0.2, -0.15) is 0 Å². The Hall–Kier alpha value is -6.52. The van der Waals surface area contributed by atoms with Crippen LogP contribution in [0, 0.1) is 0 Å². The molecule has 0 radical (unpaired) electrons. The number of amides is 8. The maximum atomic E-state index is 13.9. The number of nitrogens with two attached hydrogens (primary N) is 1. The van der Waals surface area contributed by atoms with E-state index in [1.165, 1.54) is 24.3 Å². The number of phenols is 1. The highest BCUT2D eigenvalue weighted by atomic mass is 16.4. The van der Waals surface area contributed by atoms with Crippen LogP contribution in [0.3, 0.4) is 0 Å². The summed E-state index contributed by atoms with van der Waals surface area (Å²) in [4.78, 5) is 131. The summed E-state index contributed by atoms with van der Waals surface area (Å²) in [6.45, 7) is 1.19. The number of aliphatic hydroxyl groups is 2. The van der Waals surface area contributed by atoms with Crippen molar-refractivity contribution in [3.05, 3.63) is 29.8 Å². The Kier molecular flexibility index (Phi) is 31.4. The van der Waals surface area contributed by atoms with Crippen molar-refractivity contribution in [2.75, 3.05) is 46.4 Å². The maximum Gasteiger partial charge on any atom is 0.245 e. The van der Waals surface area contributed by atoms with Gasteiger partial charge in [-0.1, -0.05) is 12.1 Å². The summed E-state index contributed by atoms with van der Waals surface area (Å²) in [7, 11) is 1.81.